The average molecular weight is 447 g/mol. The summed E-state index contributed by atoms with van der Waals surface area (Å²) in [6.07, 6.45) is 4.28. The highest BCUT2D eigenvalue weighted by atomic mass is 16.5. The molecule has 4 rings (SSSR count). The predicted octanol–water partition coefficient (Wildman–Crippen LogP) is 2.44. The molecule has 4 aromatic rings. The highest BCUT2D eigenvalue weighted by molar-refractivity contribution is 5.56. The van der Waals surface area contributed by atoms with E-state index in [1.165, 1.54) is 10.7 Å². The molecule has 10 heteroatoms. The summed E-state index contributed by atoms with van der Waals surface area (Å²) in [5, 5.41) is 8.24. The Balaban J connectivity index is 1.47. The zero-order chi connectivity index (χ0) is 23.2. The molecule has 1 aromatic carbocycles. The van der Waals surface area contributed by atoms with Crippen molar-refractivity contribution in [2.75, 3.05) is 27.2 Å². The van der Waals surface area contributed by atoms with E-state index in [-0.39, 0.29) is 12.1 Å². The molecule has 3 aromatic heterocycles. The number of ether oxygens (including phenoxy) is 1. The van der Waals surface area contributed by atoms with Crippen LogP contribution in [-0.4, -0.2) is 62.0 Å². The summed E-state index contributed by atoms with van der Waals surface area (Å²) in [7, 11) is 4.06. The molecular formula is C23H25N7O3. The molecule has 0 radical (unpaired) electrons. The smallest absolute Gasteiger partial charge is 0.267 e. The third-order valence-electron chi connectivity index (χ3n) is 4.79. The Bertz CT molecular complexity index is 1270. The number of aromatic nitrogens is 6. The van der Waals surface area contributed by atoms with Gasteiger partial charge >= 0.3 is 0 Å². The van der Waals surface area contributed by atoms with Crippen LogP contribution >= 0.6 is 0 Å². The monoisotopic (exact) mass is 447 g/mol. The minimum absolute atomic E-state index is 0.226. The van der Waals surface area contributed by atoms with Gasteiger partial charge < -0.3 is 14.2 Å². The second kappa shape index (κ2) is 10.1. The van der Waals surface area contributed by atoms with Crippen molar-refractivity contribution < 1.29 is 9.26 Å². The minimum Gasteiger partial charge on any atom is -0.490 e. The average Bonchev–Trinajstić information content (AvgIpc) is 3.25. The number of aryl methyl sites for hydroxylation is 1. The van der Waals surface area contributed by atoms with Gasteiger partial charge in [0.2, 0.25) is 11.7 Å². The summed E-state index contributed by atoms with van der Waals surface area (Å²) in [4.78, 5) is 27.5. The molecule has 0 spiro atoms. The fraction of sp³-hybridized carbons (Fsp3) is 0.304. The summed E-state index contributed by atoms with van der Waals surface area (Å²) in [5.41, 5.74) is 1.96. The number of nitrogens with zero attached hydrogens (tertiary/aromatic N) is 7. The van der Waals surface area contributed by atoms with Crippen molar-refractivity contribution in [1.82, 2.24) is 34.8 Å². The van der Waals surface area contributed by atoms with Crippen LogP contribution in [0.5, 0.6) is 5.75 Å². The van der Waals surface area contributed by atoms with Crippen molar-refractivity contribution in [3.8, 4) is 28.7 Å². The van der Waals surface area contributed by atoms with Crippen LogP contribution in [0.1, 0.15) is 17.9 Å². The number of benzene rings is 1. The molecule has 0 N–H and O–H groups in total. The molecule has 0 saturated heterocycles. The topological polar surface area (TPSA) is 112 Å². The fourth-order valence-electron chi connectivity index (χ4n) is 3.18. The summed E-state index contributed by atoms with van der Waals surface area (Å²) in [5.74, 6) is 1.99. The van der Waals surface area contributed by atoms with E-state index in [1.807, 2.05) is 38.4 Å². The molecule has 0 bridgehead atoms. The molecule has 0 aliphatic carbocycles. The van der Waals surface area contributed by atoms with Crippen LogP contribution < -0.4 is 10.3 Å². The Morgan fingerprint density at radius 3 is 2.64 bits per heavy atom. The minimum atomic E-state index is -0.226. The molecule has 0 saturated carbocycles. The van der Waals surface area contributed by atoms with Crippen LogP contribution in [0, 0.1) is 6.92 Å². The molecule has 0 amide bonds. The van der Waals surface area contributed by atoms with E-state index in [2.05, 4.69) is 30.1 Å². The van der Waals surface area contributed by atoms with Crippen LogP contribution in [-0.2, 0) is 6.54 Å². The van der Waals surface area contributed by atoms with Gasteiger partial charge in [-0.3, -0.25) is 4.79 Å². The lowest BCUT2D eigenvalue weighted by Gasteiger charge is -2.10. The van der Waals surface area contributed by atoms with Crippen LogP contribution in [0.3, 0.4) is 0 Å². The molecule has 10 nitrogen and oxygen atoms in total. The van der Waals surface area contributed by atoms with Crippen molar-refractivity contribution in [3.63, 3.8) is 0 Å². The van der Waals surface area contributed by atoms with Crippen molar-refractivity contribution in [3.05, 3.63) is 70.6 Å². The van der Waals surface area contributed by atoms with E-state index in [0.717, 1.165) is 24.1 Å². The quantitative estimate of drug-likeness (QED) is 0.357. The Morgan fingerprint density at radius 1 is 1.09 bits per heavy atom. The molecule has 170 valence electrons. The lowest BCUT2D eigenvalue weighted by Crippen LogP contribution is -2.23. The van der Waals surface area contributed by atoms with E-state index in [4.69, 9.17) is 9.26 Å². The SMILES string of the molecule is Cc1nc(-c2ccc(=O)n(Cc3cccc(-c4ncc(OCCCN(C)C)cn4)c3)n2)no1. The van der Waals surface area contributed by atoms with Crippen molar-refractivity contribution in [2.45, 2.75) is 19.9 Å². The largest absolute Gasteiger partial charge is 0.490 e. The van der Waals surface area contributed by atoms with Gasteiger partial charge in [0.1, 0.15) is 5.69 Å². The number of hydrogen-bond acceptors (Lipinski definition) is 9. The van der Waals surface area contributed by atoms with Gasteiger partial charge in [-0.1, -0.05) is 23.4 Å². The summed E-state index contributed by atoms with van der Waals surface area (Å²) >= 11 is 0. The van der Waals surface area contributed by atoms with E-state index in [0.29, 0.717) is 35.6 Å². The molecule has 0 fully saturated rings. The van der Waals surface area contributed by atoms with E-state index in [9.17, 15) is 4.79 Å². The van der Waals surface area contributed by atoms with Gasteiger partial charge in [-0.15, -0.1) is 0 Å². The van der Waals surface area contributed by atoms with Crippen LogP contribution in [0.25, 0.3) is 22.9 Å². The lowest BCUT2D eigenvalue weighted by molar-refractivity contribution is 0.280. The Morgan fingerprint density at radius 2 is 1.91 bits per heavy atom. The maximum absolute atomic E-state index is 12.3. The van der Waals surface area contributed by atoms with Crippen LogP contribution in [0.4, 0.5) is 0 Å². The first-order chi connectivity index (χ1) is 16.0. The third kappa shape index (κ3) is 5.86. The van der Waals surface area contributed by atoms with Gasteiger partial charge in [0, 0.05) is 25.1 Å². The van der Waals surface area contributed by atoms with E-state index < -0.39 is 0 Å². The number of hydrogen-bond donors (Lipinski definition) is 0. The second-order valence-electron chi connectivity index (χ2n) is 7.80. The highest BCUT2D eigenvalue weighted by Gasteiger charge is 2.10. The predicted molar refractivity (Wildman–Crippen MR) is 122 cm³/mol. The molecule has 0 atom stereocenters. The molecular weight excluding hydrogens is 422 g/mol. The first-order valence-corrected chi connectivity index (χ1v) is 10.6. The van der Waals surface area contributed by atoms with Gasteiger partial charge in [-0.25, -0.2) is 14.6 Å². The third-order valence-corrected chi connectivity index (χ3v) is 4.79. The zero-order valence-electron chi connectivity index (χ0n) is 18.8. The van der Waals surface area contributed by atoms with Crippen molar-refractivity contribution >= 4 is 0 Å². The first kappa shape index (κ1) is 22.3. The van der Waals surface area contributed by atoms with Gasteiger partial charge in [0.15, 0.2) is 11.6 Å². The molecule has 0 aliphatic rings. The van der Waals surface area contributed by atoms with Crippen LogP contribution in [0.15, 0.2) is 58.1 Å². The summed E-state index contributed by atoms with van der Waals surface area (Å²) in [6, 6.07) is 10.7. The van der Waals surface area contributed by atoms with Crippen molar-refractivity contribution in [1.29, 1.82) is 0 Å². The fourth-order valence-corrected chi connectivity index (χ4v) is 3.18. The molecule has 33 heavy (non-hydrogen) atoms. The maximum atomic E-state index is 12.3. The van der Waals surface area contributed by atoms with Gasteiger partial charge in [0.05, 0.1) is 25.5 Å². The normalized spacial score (nSPS) is 11.2. The van der Waals surface area contributed by atoms with E-state index >= 15 is 0 Å². The number of rotatable bonds is 9. The Kier molecular flexibility index (Phi) is 6.84. The lowest BCUT2D eigenvalue weighted by atomic mass is 10.1. The van der Waals surface area contributed by atoms with E-state index in [1.54, 1.807) is 25.4 Å². The summed E-state index contributed by atoms with van der Waals surface area (Å²) in [6.45, 7) is 3.55. The second-order valence-corrected chi connectivity index (χ2v) is 7.80. The van der Waals surface area contributed by atoms with Gasteiger partial charge in [-0.05, 0) is 38.2 Å². The Hall–Kier alpha value is -3.92. The molecule has 3 heterocycles. The Labute approximate surface area is 190 Å². The van der Waals surface area contributed by atoms with Crippen molar-refractivity contribution in [2.24, 2.45) is 0 Å². The molecule has 0 aliphatic heterocycles. The maximum Gasteiger partial charge on any atom is 0.267 e. The van der Waals surface area contributed by atoms with Gasteiger partial charge in [-0.2, -0.15) is 10.1 Å². The first-order valence-electron chi connectivity index (χ1n) is 10.6. The zero-order valence-corrected chi connectivity index (χ0v) is 18.8. The highest BCUT2D eigenvalue weighted by Crippen LogP contribution is 2.19. The molecule has 0 unspecified atom stereocenters. The summed E-state index contributed by atoms with van der Waals surface area (Å²) < 4.78 is 12.1. The van der Waals surface area contributed by atoms with Gasteiger partial charge in [0.25, 0.3) is 5.56 Å². The standard InChI is InChI=1S/C23H25N7O3/c1-16-26-23(28-33-16)20-8-9-21(31)30(27-20)15-17-6-4-7-18(12-17)22-24-13-19(14-25-22)32-11-5-10-29(2)3/h4,6-9,12-14H,5,10-11,15H2,1-3H3. The van der Waals surface area contributed by atoms with Crippen LogP contribution in [0.2, 0.25) is 0 Å².